The lowest BCUT2D eigenvalue weighted by Gasteiger charge is -2.36. The fraction of sp³-hybridized carbons (Fsp3) is 0.179. The number of benzene rings is 3. The molecule has 2 N–H and O–H groups in total. The SMILES string of the molecule is CCOC(=O)/C(=N\OCCO)c1csc(NC(c2ccccc2)(c2ccccc2)c2ccccc2)n1. The molecule has 7 nitrogen and oxygen atoms in total. The molecule has 0 fully saturated rings. The first-order chi connectivity index (χ1) is 17.7. The normalized spacial score (nSPS) is 11.7. The van der Waals surface area contributed by atoms with Gasteiger partial charge in [0.25, 0.3) is 0 Å². The topological polar surface area (TPSA) is 93.0 Å². The van der Waals surface area contributed by atoms with E-state index in [4.69, 9.17) is 14.7 Å². The molecule has 0 aliphatic rings. The third-order valence-electron chi connectivity index (χ3n) is 5.47. The van der Waals surface area contributed by atoms with Crippen LogP contribution >= 0.6 is 11.3 Å². The number of thiazole rings is 1. The molecule has 1 heterocycles. The van der Waals surface area contributed by atoms with Crippen LogP contribution in [0, 0.1) is 0 Å². The van der Waals surface area contributed by atoms with Crippen LogP contribution < -0.4 is 5.32 Å². The zero-order chi connectivity index (χ0) is 25.2. The van der Waals surface area contributed by atoms with Gasteiger partial charge in [-0.2, -0.15) is 0 Å². The lowest BCUT2D eigenvalue weighted by molar-refractivity contribution is -0.135. The highest BCUT2D eigenvalue weighted by Crippen LogP contribution is 2.40. The zero-order valence-corrected chi connectivity index (χ0v) is 20.7. The molecule has 0 unspecified atom stereocenters. The molecule has 3 aromatic carbocycles. The van der Waals surface area contributed by atoms with Gasteiger partial charge in [0.15, 0.2) is 5.13 Å². The van der Waals surface area contributed by atoms with E-state index < -0.39 is 11.5 Å². The number of ether oxygens (including phenoxy) is 1. The number of nitrogens with zero attached hydrogens (tertiary/aromatic N) is 2. The van der Waals surface area contributed by atoms with Crippen LogP contribution in [0.4, 0.5) is 5.13 Å². The molecule has 184 valence electrons. The van der Waals surface area contributed by atoms with E-state index in [0.29, 0.717) is 10.8 Å². The zero-order valence-electron chi connectivity index (χ0n) is 19.8. The first kappa shape index (κ1) is 25.1. The number of hydrogen-bond acceptors (Lipinski definition) is 8. The highest BCUT2D eigenvalue weighted by Gasteiger charge is 2.37. The van der Waals surface area contributed by atoms with Crippen molar-refractivity contribution >= 4 is 28.1 Å². The number of carbonyl (C=O) groups excluding carboxylic acids is 1. The van der Waals surface area contributed by atoms with E-state index in [1.165, 1.54) is 11.3 Å². The van der Waals surface area contributed by atoms with Crippen molar-refractivity contribution in [3.63, 3.8) is 0 Å². The predicted octanol–water partition coefficient (Wildman–Crippen LogP) is 4.82. The number of oxime groups is 1. The fourth-order valence-electron chi connectivity index (χ4n) is 3.92. The molecule has 0 atom stereocenters. The average molecular weight is 502 g/mol. The number of aromatic nitrogens is 1. The molecular formula is C28H27N3O4S. The smallest absolute Gasteiger partial charge is 0.362 e. The van der Waals surface area contributed by atoms with Crippen LogP contribution in [-0.4, -0.2) is 41.6 Å². The molecule has 0 bridgehead atoms. The molecular weight excluding hydrogens is 474 g/mol. The number of rotatable bonds is 11. The molecule has 0 amide bonds. The van der Waals surface area contributed by atoms with Crippen molar-refractivity contribution in [3.05, 3.63) is 119 Å². The Hall–Kier alpha value is -4.01. The Bertz CT molecular complexity index is 1180. The molecule has 8 heteroatoms. The van der Waals surface area contributed by atoms with E-state index in [0.717, 1.165) is 16.7 Å². The summed E-state index contributed by atoms with van der Waals surface area (Å²) in [5.74, 6) is -0.646. The third-order valence-corrected chi connectivity index (χ3v) is 6.23. The van der Waals surface area contributed by atoms with Crippen LogP contribution in [0.3, 0.4) is 0 Å². The van der Waals surface area contributed by atoms with Gasteiger partial charge in [-0.15, -0.1) is 11.3 Å². The van der Waals surface area contributed by atoms with Crippen molar-refractivity contribution < 1.29 is 19.5 Å². The first-order valence-electron chi connectivity index (χ1n) is 11.6. The summed E-state index contributed by atoms with van der Waals surface area (Å²) in [5, 5.41) is 18.9. The Balaban J connectivity index is 1.82. The number of aliphatic hydroxyl groups excluding tert-OH is 1. The molecule has 0 spiro atoms. The highest BCUT2D eigenvalue weighted by atomic mass is 32.1. The summed E-state index contributed by atoms with van der Waals surface area (Å²) in [6.45, 7) is 1.63. The van der Waals surface area contributed by atoms with E-state index in [1.54, 1.807) is 12.3 Å². The second kappa shape index (κ2) is 12.1. The van der Waals surface area contributed by atoms with Crippen molar-refractivity contribution in [3.8, 4) is 0 Å². The van der Waals surface area contributed by atoms with Crippen LogP contribution in [0.25, 0.3) is 0 Å². The number of aliphatic hydroxyl groups is 1. The van der Waals surface area contributed by atoms with Crippen molar-refractivity contribution in [1.82, 2.24) is 4.98 Å². The second-order valence-corrected chi connectivity index (χ2v) is 8.59. The molecule has 4 rings (SSSR count). The van der Waals surface area contributed by atoms with Gasteiger partial charge in [0.05, 0.1) is 13.2 Å². The van der Waals surface area contributed by atoms with Gasteiger partial charge in [-0.05, 0) is 23.6 Å². The Morgan fingerprint density at radius 1 is 0.944 bits per heavy atom. The van der Waals surface area contributed by atoms with Crippen molar-refractivity contribution in [2.75, 3.05) is 25.1 Å². The van der Waals surface area contributed by atoms with Crippen molar-refractivity contribution in [2.45, 2.75) is 12.5 Å². The fourth-order valence-corrected chi connectivity index (χ4v) is 4.67. The van der Waals surface area contributed by atoms with Gasteiger partial charge in [-0.1, -0.05) is 96.2 Å². The summed E-state index contributed by atoms with van der Waals surface area (Å²) in [5.41, 5.74) is 2.61. The summed E-state index contributed by atoms with van der Waals surface area (Å²) >= 11 is 1.35. The predicted molar refractivity (Wildman–Crippen MR) is 141 cm³/mol. The molecule has 0 aliphatic heterocycles. The van der Waals surface area contributed by atoms with Gasteiger partial charge in [0.2, 0.25) is 5.71 Å². The standard InChI is InChI=1S/C28H27N3O4S/c1-2-34-26(33)25(31-35-19-18-32)24-20-36-27(29-24)30-28(21-12-6-3-7-13-21,22-14-8-4-9-15-22)23-16-10-5-11-17-23/h3-17,20,32H,2,18-19H2,1H3,(H,29,30)/b31-25-. The van der Waals surface area contributed by atoms with Crippen molar-refractivity contribution in [1.29, 1.82) is 0 Å². The average Bonchev–Trinajstić information content (AvgIpc) is 3.39. The van der Waals surface area contributed by atoms with Gasteiger partial charge < -0.3 is 20.0 Å². The Kier molecular flexibility index (Phi) is 8.44. The van der Waals surface area contributed by atoms with Crippen LogP contribution in [0.5, 0.6) is 0 Å². The number of esters is 1. The van der Waals surface area contributed by atoms with Crippen LogP contribution in [0.1, 0.15) is 29.3 Å². The summed E-state index contributed by atoms with van der Waals surface area (Å²) in [6.07, 6.45) is 0. The van der Waals surface area contributed by atoms with Gasteiger partial charge in [-0.3, -0.25) is 0 Å². The summed E-state index contributed by atoms with van der Waals surface area (Å²) in [6, 6.07) is 30.5. The third kappa shape index (κ3) is 5.45. The maximum absolute atomic E-state index is 12.5. The Labute approximate surface area is 214 Å². The van der Waals surface area contributed by atoms with Crippen LogP contribution in [-0.2, 0) is 19.9 Å². The van der Waals surface area contributed by atoms with E-state index in [9.17, 15) is 4.79 Å². The van der Waals surface area contributed by atoms with E-state index in [-0.39, 0.29) is 25.5 Å². The maximum atomic E-state index is 12.5. The monoisotopic (exact) mass is 501 g/mol. The van der Waals surface area contributed by atoms with E-state index >= 15 is 0 Å². The quantitative estimate of drug-likeness (QED) is 0.101. The van der Waals surface area contributed by atoms with E-state index in [1.807, 2.05) is 54.6 Å². The van der Waals surface area contributed by atoms with Gasteiger partial charge in [0.1, 0.15) is 17.8 Å². The lowest BCUT2D eigenvalue weighted by Crippen LogP contribution is -2.38. The molecule has 4 aromatic rings. The summed E-state index contributed by atoms with van der Waals surface area (Å²) in [4.78, 5) is 22.3. The minimum atomic E-state index is -0.756. The van der Waals surface area contributed by atoms with Crippen molar-refractivity contribution in [2.24, 2.45) is 5.16 Å². The molecule has 36 heavy (non-hydrogen) atoms. The minimum absolute atomic E-state index is 0.0444. The van der Waals surface area contributed by atoms with Gasteiger partial charge in [-0.25, -0.2) is 9.78 Å². The number of carbonyl (C=O) groups is 1. The van der Waals surface area contributed by atoms with Gasteiger partial charge >= 0.3 is 5.97 Å². The van der Waals surface area contributed by atoms with E-state index in [2.05, 4.69) is 51.9 Å². The molecule has 0 saturated carbocycles. The molecule has 1 aromatic heterocycles. The maximum Gasteiger partial charge on any atom is 0.362 e. The minimum Gasteiger partial charge on any atom is -0.461 e. The second-order valence-electron chi connectivity index (χ2n) is 7.73. The summed E-state index contributed by atoms with van der Waals surface area (Å²) < 4.78 is 5.14. The Morgan fingerprint density at radius 2 is 1.47 bits per heavy atom. The summed E-state index contributed by atoms with van der Waals surface area (Å²) in [7, 11) is 0. The van der Waals surface area contributed by atoms with Crippen LogP contribution in [0.15, 0.2) is 102 Å². The molecule has 0 radical (unpaired) electrons. The number of hydrogen-bond donors (Lipinski definition) is 2. The Morgan fingerprint density at radius 3 is 1.94 bits per heavy atom. The van der Waals surface area contributed by atoms with Gasteiger partial charge in [0, 0.05) is 5.38 Å². The highest BCUT2D eigenvalue weighted by molar-refractivity contribution is 7.14. The molecule has 0 aliphatic carbocycles. The lowest BCUT2D eigenvalue weighted by atomic mass is 9.77. The van der Waals surface area contributed by atoms with Crippen LogP contribution in [0.2, 0.25) is 0 Å². The number of nitrogens with one attached hydrogen (secondary N) is 1. The first-order valence-corrected chi connectivity index (χ1v) is 12.5. The largest absolute Gasteiger partial charge is 0.461 e. The molecule has 0 saturated heterocycles. The number of anilines is 1.